The highest BCUT2D eigenvalue weighted by Crippen LogP contribution is 2.11. The highest BCUT2D eigenvalue weighted by atomic mass is 16.5. The van der Waals surface area contributed by atoms with E-state index in [1.165, 1.54) is 116 Å². The van der Waals surface area contributed by atoms with Gasteiger partial charge >= 0.3 is 5.97 Å². The Kier molecular flexibility index (Phi) is 35.6. The summed E-state index contributed by atoms with van der Waals surface area (Å²) in [6.45, 7) is 4.90. The van der Waals surface area contributed by atoms with Crippen molar-refractivity contribution in [2.45, 2.75) is 155 Å². The van der Waals surface area contributed by atoms with Crippen LogP contribution in [0, 0.1) is 0 Å². The van der Waals surface area contributed by atoms with Crippen molar-refractivity contribution in [3.63, 3.8) is 0 Å². The molecule has 2 N–H and O–H groups in total. The summed E-state index contributed by atoms with van der Waals surface area (Å²) in [6.07, 6.45) is 32.4. The minimum atomic E-state index is -0.125. The molecule has 0 unspecified atom stereocenters. The molecule has 0 bridgehead atoms. The maximum Gasteiger partial charge on any atom is 0.305 e. The molecule has 0 saturated carbocycles. The van der Waals surface area contributed by atoms with Gasteiger partial charge < -0.3 is 14.9 Å². The Balaban J connectivity index is 0. The molecule has 0 heterocycles. The molecule has 0 aromatic heterocycles. The van der Waals surface area contributed by atoms with Crippen LogP contribution in [0.4, 0.5) is 0 Å². The number of hydrogen-bond acceptors (Lipinski definition) is 4. The first-order valence-corrected chi connectivity index (χ1v) is 14.7. The van der Waals surface area contributed by atoms with Gasteiger partial charge in [-0.1, -0.05) is 122 Å². The van der Waals surface area contributed by atoms with E-state index in [0.717, 1.165) is 19.3 Å². The van der Waals surface area contributed by atoms with Crippen LogP contribution in [0.5, 0.6) is 0 Å². The van der Waals surface area contributed by atoms with Crippen LogP contribution in [-0.2, 0) is 9.53 Å². The van der Waals surface area contributed by atoms with E-state index in [9.17, 15) is 4.79 Å². The minimum absolute atomic E-state index is 0.00979. The molecule has 4 heteroatoms. The van der Waals surface area contributed by atoms with E-state index in [0.29, 0.717) is 13.0 Å². The molecular formula is C30H60O4. The van der Waals surface area contributed by atoms with Crippen molar-refractivity contribution in [2.24, 2.45) is 0 Å². The van der Waals surface area contributed by atoms with Gasteiger partial charge in [-0.25, -0.2) is 0 Å². The molecule has 0 spiro atoms. The third kappa shape index (κ3) is 35.7. The maximum absolute atomic E-state index is 11.8. The van der Waals surface area contributed by atoms with E-state index in [1.54, 1.807) is 0 Å². The Bertz CT molecular complexity index is 393. The number of carbonyl (C=O) groups excluding carboxylic acids is 1. The van der Waals surface area contributed by atoms with Crippen LogP contribution in [0.3, 0.4) is 0 Å². The van der Waals surface area contributed by atoms with Gasteiger partial charge in [0.2, 0.25) is 0 Å². The van der Waals surface area contributed by atoms with E-state index >= 15 is 0 Å². The predicted octanol–water partition coefficient (Wildman–Crippen LogP) is 8.68. The standard InChI is InChI=1S/C28H54O2.C2H6O2/c1-3-5-7-9-11-13-14-15-16-17-18-19-20-22-24-26-28(29)30-27-25-23-21-12-10-8-6-4-2;3-1-2-4/h15-16H,3-14,17-27H2,1-2H3;3-4H,1-2H2/b16-15-;. The third-order valence-electron chi connectivity index (χ3n) is 6.00. The van der Waals surface area contributed by atoms with E-state index in [1.807, 2.05) is 0 Å². The fourth-order valence-electron chi connectivity index (χ4n) is 3.83. The van der Waals surface area contributed by atoms with Crippen molar-refractivity contribution in [1.29, 1.82) is 0 Å². The minimum Gasteiger partial charge on any atom is -0.466 e. The largest absolute Gasteiger partial charge is 0.466 e. The van der Waals surface area contributed by atoms with Gasteiger partial charge in [0.05, 0.1) is 19.8 Å². The highest BCUT2D eigenvalue weighted by Gasteiger charge is 2.02. The van der Waals surface area contributed by atoms with Gasteiger partial charge in [-0.15, -0.1) is 0 Å². The molecule has 0 saturated heterocycles. The van der Waals surface area contributed by atoms with Crippen molar-refractivity contribution in [3.8, 4) is 0 Å². The quantitative estimate of drug-likeness (QED) is 0.0772. The van der Waals surface area contributed by atoms with Crippen molar-refractivity contribution in [2.75, 3.05) is 19.8 Å². The number of aliphatic hydroxyl groups excluding tert-OH is 2. The Labute approximate surface area is 213 Å². The lowest BCUT2D eigenvalue weighted by molar-refractivity contribution is -0.143. The zero-order chi connectivity index (χ0) is 25.4. The molecule has 0 aromatic rings. The number of unbranched alkanes of at least 4 members (excludes halogenated alkanes) is 18. The van der Waals surface area contributed by atoms with Gasteiger partial charge in [0.25, 0.3) is 0 Å². The molecule has 34 heavy (non-hydrogen) atoms. The average molecular weight is 485 g/mol. The van der Waals surface area contributed by atoms with E-state index < -0.39 is 0 Å². The molecule has 0 amide bonds. The topological polar surface area (TPSA) is 66.8 Å². The lowest BCUT2D eigenvalue weighted by atomic mass is 10.1. The van der Waals surface area contributed by atoms with Gasteiger partial charge in [0.1, 0.15) is 0 Å². The van der Waals surface area contributed by atoms with Gasteiger partial charge in [-0.3, -0.25) is 4.79 Å². The summed E-state index contributed by atoms with van der Waals surface area (Å²) in [5.41, 5.74) is 0. The normalized spacial score (nSPS) is 10.9. The average Bonchev–Trinajstić information content (AvgIpc) is 2.85. The Morgan fingerprint density at radius 1 is 0.559 bits per heavy atom. The molecule has 4 nitrogen and oxygen atoms in total. The molecule has 0 fully saturated rings. The molecular weight excluding hydrogens is 424 g/mol. The zero-order valence-electron chi connectivity index (χ0n) is 23.0. The first-order valence-electron chi connectivity index (χ1n) is 14.7. The fourth-order valence-corrected chi connectivity index (χ4v) is 3.83. The highest BCUT2D eigenvalue weighted by molar-refractivity contribution is 5.69. The van der Waals surface area contributed by atoms with Crippen LogP contribution in [0.15, 0.2) is 12.2 Å². The molecule has 0 radical (unpaired) electrons. The van der Waals surface area contributed by atoms with Crippen LogP contribution in [0.1, 0.15) is 155 Å². The molecule has 0 aromatic carbocycles. The molecule has 0 rings (SSSR count). The molecule has 0 aliphatic carbocycles. The summed E-state index contributed by atoms with van der Waals surface area (Å²) in [7, 11) is 0. The molecule has 0 aliphatic heterocycles. The number of aliphatic hydroxyl groups is 2. The summed E-state index contributed by atoms with van der Waals surface area (Å²) in [6, 6.07) is 0. The van der Waals surface area contributed by atoms with E-state index in [4.69, 9.17) is 14.9 Å². The SMILES string of the molecule is CCCCCCCC/C=C\CCCCCCCC(=O)OCCCCCCCCCC.OCCO. The smallest absolute Gasteiger partial charge is 0.305 e. The first-order chi connectivity index (χ1) is 16.7. The van der Waals surface area contributed by atoms with E-state index in [2.05, 4.69) is 26.0 Å². The molecule has 0 aliphatic rings. The van der Waals surface area contributed by atoms with E-state index in [-0.39, 0.29) is 19.2 Å². The number of rotatable bonds is 25. The number of ether oxygens (including phenoxy) is 1. The third-order valence-corrected chi connectivity index (χ3v) is 6.00. The fraction of sp³-hybridized carbons (Fsp3) is 0.900. The zero-order valence-corrected chi connectivity index (χ0v) is 23.0. The van der Waals surface area contributed by atoms with Crippen LogP contribution in [0.25, 0.3) is 0 Å². The first kappa shape index (κ1) is 35.3. The van der Waals surface area contributed by atoms with Gasteiger partial charge in [0.15, 0.2) is 0 Å². The maximum atomic E-state index is 11.8. The van der Waals surface area contributed by atoms with Crippen molar-refractivity contribution in [1.82, 2.24) is 0 Å². The number of allylic oxidation sites excluding steroid dienone is 2. The summed E-state index contributed by atoms with van der Waals surface area (Å²) < 4.78 is 5.36. The number of hydrogen-bond donors (Lipinski definition) is 2. The summed E-state index contributed by atoms with van der Waals surface area (Å²) in [5.74, 6) is 0.00979. The lowest BCUT2D eigenvalue weighted by Gasteiger charge is -2.05. The Morgan fingerprint density at radius 2 is 0.941 bits per heavy atom. The van der Waals surface area contributed by atoms with Crippen molar-refractivity contribution in [3.05, 3.63) is 12.2 Å². The summed E-state index contributed by atoms with van der Waals surface area (Å²) in [5, 5.41) is 15.2. The van der Waals surface area contributed by atoms with Crippen LogP contribution < -0.4 is 0 Å². The number of esters is 1. The second kappa shape index (κ2) is 34.3. The van der Waals surface area contributed by atoms with Crippen LogP contribution in [0.2, 0.25) is 0 Å². The lowest BCUT2D eigenvalue weighted by Crippen LogP contribution is -2.05. The second-order valence-electron chi connectivity index (χ2n) is 9.48. The van der Waals surface area contributed by atoms with Gasteiger partial charge in [-0.05, 0) is 38.5 Å². The van der Waals surface area contributed by atoms with Crippen molar-refractivity contribution < 1.29 is 19.7 Å². The molecule has 204 valence electrons. The Morgan fingerprint density at radius 3 is 1.38 bits per heavy atom. The second-order valence-corrected chi connectivity index (χ2v) is 9.48. The summed E-state index contributed by atoms with van der Waals surface area (Å²) in [4.78, 5) is 11.8. The van der Waals surface area contributed by atoms with Gasteiger partial charge in [-0.2, -0.15) is 0 Å². The number of carbonyl (C=O) groups is 1. The summed E-state index contributed by atoms with van der Waals surface area (Å²) >= 11 is 0. The van der Waals surface area contributed by atoms with Crippen LogP contribution >= 0.6 is 0 Å². The van der Waals surface area contributed by atoms with Gasteiger partial charge in [0, 0.05) is 6.42 Å². The predicted molar refractivity (Wildman–Crippen MR) is 147 cm³/mol. The van der Waals surface area contributed by atoms with Crippen LogP contribution in [-0.4, -0.2) is 36.0 Å². The monoisotopic (exact) mass is 484 g/mol. The van der Waals surface area contributed by atoms with Crippen molar-refractivity contribution >= 4 is 5.97 Å². The Hall–Kier alpha value is -0.870. The molecule has 0 atom stereocenters.